The summed E-state index contributed by atoms with van der Waals surface area (Å²) in [5, 5.41) is 19.9. The number of carbonyl (C=O) groups is 1. The lowest BCUT2D eigenvalue weighted by molar-refractivity contribution is -0.255. The van der Waals surface area contributed by atoms with E-state index in [0.29, 0.717) is 33.0 Å². The number of pyridine rings is 1. The summed E-state index contributed by atoms with van der Waals surface area (Å²) in [6, 6.07) is 14.2. The third-order valence-corrected chi connectivity index (χ3v) is 5.06. The molecule has 0 aliphatic rings. The van der Waals surface area contributed by atoms with Crippen molar-refractivity contribution in [2.24, 2.45) is 0 Å². The fourth-order valence-corrected chi connectivity index (χ4v) is 3.54. The lowest BCUT2D eigenvalue weighted by Gasteiger charge is -2.13. The number of carboxylic acids is 1. The van der Waals surface area contributed by atoms with E-state index in [9.17, 15) is 9.90 Å². The molecule has 0 amide bonds. The summed E-state index contributed by atoms with van der Waals surface area (Å²) in [4.78, 5) is 15.6. The molecule has 140 valence electrons. The van der Waals surface area contributed by atoms with Crippen LogP contribution in [-0.2, 0) is 0 Å². The largest absolute Gasteiger partial charge is 0.543 e. The van der Waals surface area contributed by atoms with Gasteiger partial charge in [0.05, 0.1) is 29.9 Å². The van der Waals surface area contributed by atoms with Crippen LogP contribution in [0.1, 0.15) is 10.5 Å². The minimum absolute atomic E-state index is 0.210. The van der Waals surface area contributed by atoms with Gasteiger partial charge in [0.2, 0.25) is 0 Å². The number of nitrogens with one attached hydrogen (secondary N) is 1. The minimum Gasteiger partial charge on any atom is -0.543 e. The SMILES string of the molecule is COc1ccc(Br)cc1-c1cc(C(=O)[O-])nc2n[nH]c(-c3ccc(Cl)cc3)c12. The molecule has 0 bridgehead atoms. The maximum absolute atomic E-state index is 11.5. The first-order chi connectivity index (χ1) is 13.5. The number of halogens is 2. The summed E-state index contributed by atoms with van der Waals surface area (Å²) in [7, 11) is 1.56. The molecule has 0 saturated carbocycles. The van der Waals surface area contributed by atoms with Crippen LogP contribution in [0, 0.1) is 0 Å². The molecule has 0 aliphatic heterocycles. The molecule has 28 heavy (non-hydrogen) atoms. The van der Waals surface area contributed by atoms with Crippen LogP contribution in [0.3, 0.4) is 0 Å². The highest BCUT2D eigenvalue weighted by Crippen LogP contribution is 2.40. The summed E-state index contributed by atoms with van der Waals surface area (Å²) in [5.74, 6) is -0.795. The smallest absolute Gasteiger partial charge is 0.182 e. The van der Waals surface area contributed by atoms with Gasteiger partial charge >= 0.3 is 0 Å². The van der Waals surface area contributed by atoms with Crippen molar-refractivity contribution < 1.29 is 14.6 Å². The molecule has 0 atom stereocenters. The molecule has 2 aromatic heterocycles. The molecular formula is C20H12BrClN3O3-. The van der Waals surface area contributed by atoms with Gasteiger partial charge in [-0.3, -0.25) is 5.10 Å². The Morgan fingerprint density at radius 3 is 2.57 bits per heavy atom. The molecule has 0 spiro atoms. The zero-order valence-electron chi connectivity index (χ0n) is 14.5. The Morgan fingerprint density at radius 2 is 1.89 bits per heavy atom. The first-order valence-electron chi connectivity index (χ1n) is 8.18. The van der Waals surface area contributed by atoms with E-state index in [0.717, 1.165) is 10.0 Å². The van der Waals surface area contributed by atoms with Crippen LogP contribution in [-0.4, -0.2) is 28.3 Å². The van der Waals surface area contributed by atoms with Gasteiger partial charge in [0.15, 0.2) is 5.65 Å². The van der Waals surface area contributed by atoms with Crippen LogP contribution >= 0.6 is 27.5 Å². The maximum Gasteiger partial charge on any atom is 0.182 e. The van der Waals surface area contributed by atoms with Crippen molar-refractivity contribution in [3.05, 3.63) is 63.7 Å². The predicted molar refractivity (Wildman–Crippen MR) is 108 cm³/mol. The van der Waals surface area contributed by atoms with Gasteiger partial charge in [0, 0.05) is 26.2 Å². The Morgan fingerprint density at radius 1 is 1.14 bits per heavy atom. The van der Waals surface area contributed by atoms with E-state index in [-0.39, 0.29) is 11.3 Å². The molecule has 0 fully saturated rings. The van der Waals surface area contributed by atoms with Crippen molar-refractivity contribution in [2.75, 3.05) is 7.11 Å². The molecule has 2 aromatic carbocycles. The number of nitrogens with zero attached hydrogens (tertiary/aromatic N) is 2. The van der Waals surface area contributed by atoms with Gasteiger partial charge in [-0.2, -0.15) is 5.10 Å². The van der Waals surface area contributed by atoms with E-state index >= 15 is 0 Å². The number of hydrogen-bond donors (Lipinski definition) is 1. The van der Waals surface area contributed by atoms with Crippen LogP contribution in [0.5, 0.6) is 5.75 Å². The van der Waals surface area contributed by atoms with Crippen LogP contribution in [0.25, 0.3) is 33.4 Å². The molecule has 1 N–H and O–H groups in total. The summed E-state index contributed by atoms with van der Waals surface area (Å²) in [6.45, 7) is 0. The molecular weight excluding hydrogens is 446 g/mol. The van der Waals surface area contributed by atoms with E-state index < -0.39 is 5.97 Å². The first-order valence-corrected chi connectivity index (χ1v) is 9.35. The quantitative estimate of drug-likeness (QED) is 0.499. The molecule has 8 heteroatoms. The highest BCUT2D eigenvalue weighted by molar-refractivity contribution is 9.10. The van der Waals surface area contributed by atoms with Gasteiger partial charge < -0.3 is 14.6 Å². The third kappa shape index (κ3) is 3.23. The Balaban J connectivity index is 2.08. The standard InChI is InChI=1S/C20H13BrClN3O3/c1-28-16-7-4-11(21)8-13(16)14-9-15(20(26)27)23-19-17(14)18(24-25-19)10-2-5-12(22)6-3-10/h2-9H,1H3,(H,26,27)(H,23,24,25)/p-1. The van der Waals surface area contributed by atoms with Gasteiger partial charge in [-0.15, -0.1) is 0 Å². The van der Waals surface area contributed by atoms with E-state index in [1.54, 1.807) is 25.3 Å². The molecule has 0 aliphatic carbocycles. The number of aromatic carboxylic acids is 1. The van der Waals surface area contributed by atoms with Gasteiger partial charge in [0.1, 0.15) is 5.75 Å². The Hall–Kier alpha value is -2.90. The van der Waals surface area contributed by atoms with Crippen molar-refractivity contribution in [1.82, 2.24) is 15.2 Å². The van der Waals surface area contributed by atoms with Gasteiger partial charge in [-0.05, 0) is 36.4 Å². The number of ether oxygens (including phenoxy) is 1. The molecule has 0 saturated heterocycles. The van der Waals surface area contributed by atoms with Crippen molar-refractivity contribution in [3.63, 3.8) is 0 Å². The minimum atomic E-state index is -1.38. The van der Waals surface area contributed by atoms with Crippen LogP contribution in [0.4, 0.5) is 0 Å². The van der Waals surface area contributed by atoms with Gasteiger partial charge in [0.25, 0.3) is 0 Å². The second-order valence-corrected chi connectivity index (χ2v) is 7.34. The molecule has 4 aromatic rings. The number of methoxy groups -OCH3 is 1. The zero-order valence-corrected chi connectivity index (χ0v) is 16.8. The van der Waals surface area contributed by atoms with Gasteiger partial charge in [-0.25, -0.2) is 4.98 Å². The van der Waals surface area contributed by atoms with E-state index in [1.807, 2.05) is 24.3 Å². The fourth-order valence-electron chi connectivity index (χ4n) is 3.06. The summed E-state index contributed by atoms with van der Waals surface area (Å²) in [5.41, 5.74) is 2.90. The summed E-state index contributed by atoms with van der Waals surface area (Å²) >= 11 is 9.46. The molecule has 6 nitrogen and oxygen atoms in total. The number of fused-ring (bicyclic) bond motifs is 1. The monoisotopic (exact) mass is 456 g/mol. The zero-order chi connectivity index (χ0) is 19.8. The lowest BCUT2D eigenvalue weighted by Crippen LogP contribution is -2.23. The van der Waals surface area contributed by atoms with Crippen LogP contribution in [0.15, 0.2) is 53.0 Å². The fraction of sp³-hybridized carbons (Fsp3) is 0.0500. The third-order valence-electron chi connectivity index (χ3n) is 4.32. The number of carboxylic acid groups (broad SMARTS) is 1. The van der Waals surface area contributed by atoms with Crippen molar-refractivity contribution in [1.29, 1.82) is 0 Å². The van der Waals surface area contributed by atoms with E-state index in [2.05, 4.69) is 31.1 Å². The predicted octanol–water partition coefficient (Wildman–Crippen LogP) is 4.08. The average molecular weight is 458 g/mol. The van der Waals surface area contributed by atoms with Crippen LogP contribution in [0.2, 0.25) is 5.02 Å². The van der Waals surface area contributed by atoms with Crippen molar-refractivity contribution >= 4 is 44.5 Å². The van der Waals surface area contributed by atoms with Crippen LogP contribution < -0.4 is 9.84 Å². The Kier molecular flexibility index (Phi) is 4.78. The number of H-pyrrole nitrogens is 1. The highest BCUT2D eigenvalue weighted by Gasteiger charge is 2.19. The number of aromatic amines is 1. The topological polar surface area (TPSA) is 90.9 Å². The van der Waals surface area contributed by atoms with E-state index in [1.165, 1.54) is 6.07 Å². The Bertz CT molecular complexity index is 1210. The second kappa shape index (κ2) is 7.26. The number of carbonyl (C=O) groups excluding carboxylic acids is 1. The highest BCUT2D eigenvalue weighted by atomic mass is 79.9. The van der Waals surface area contributed by atoms with E-state index in [4.69, 9.17) is 16.3 Å². The average Bonchev–Trinajstić information content (AvgIpc) is 3.12. The number of aromatic nitrogens is 3. The molecule has 4 rings (SSSR count). The number of hydrogen-bond acceptors (Lipinski definition) is 5. The summed E-state index contributed by atoms with van der Waals surface area (Å²) in [6.07, 6.45) is 0. The maximum atomic E-state index is 11.5. The van der Waals surface area contributed by atoms with Crippen molar-refractivity contribution in [3.8, 4) is 28.1 Å². The molecule has 0 unspecified atom stereocenters. The normalized spacial score (nSPS) is 11.0. The second-order valence-electron chi connectivity index (χ2n) is 5.99. The molecule has 0 radical (unpaired) electrons. The van der Waals surface area contributed by atoms with Crippen molar-refractivity contribution in [2.45, 2.75) is 0 Å². The number of rotatable bonds is 4. The summed E-state index contributed by atoms with van der Waals surface area (Å²) < 4.78 is 6.31. The first kappa shape index (κ1) is 18.5. The number of benzene rings is 2. The van der Waals surface area contributed by atoms with Gasteiger partial charge in [-0.1, -0.05) is 39.7 Å². The Labute approximate surface area is 173 Å². The molecule has 2 heterocycles. The lowest BCUT2D eigenvalue weighted by atomic mass is 9.98.